The van der Waals surface area contributed by atoms with E-state index in [-0.39, 0.29) is 6.10 Å². The standard InChI is InChI=1S/C17H22NO6P/c1-22-13-4-3-11-10-18(25(20,21)23-2)8-7-17-6-5-12(19)9-14(17)24-16(13)15(11)17/h3-6,12,14,19H,7-10H2,1-2H3,(H,20,21). The molecule has 1 spiro atoms. The van der Waals surface area contributed by atoms with Gasteiger partial charge >= 0.3 is 7.75 Å². The van der Waals surface area contributed by atoms with Gasteiger partial charge in [0.05, 0.1) is 18.6 Å². The van der Waals surface area contributed by atoms with Crippen molar-refractivity contribution >= 4 is 7.75 Å². The summed E-state index contributed by atoms with van der Waals surface area (Å²) in [6.07, 6.45) is 4.10. The second-order valence-corrected chi connectivity index (χ2v) is 8.66. The van der Waals surface area contributed by atoms with Crippen LogP contribution in [0.1, 0.15) is 24.0 Å². The average molecular weight is 367 g/mol. The number of hydrogen-bond acceptors (Lipinski definition) is 5. The first-order valence-electron chi connectivity index (χ1n) is 8.29. The molecule has 0 fully saturated rings. The summed E-state index contributed by atoms with van der Waals surface area (Å²) in [6.45, 7) is 0.681. The number of benzene rings is 1. The second kappa shape index (κ2) is 5.83. The van der Waals surface area contributed by atoms with Crippen molar-refractivity contribution in [1.29, 1.82) is 0 Å². The van der Waals surface area contributed by atoms with E-state index in [4.69, 9.17) is 14.0 Å². The predicted octanol–water partition coefficient (Wildman–Crippen LogP) is 1.97. The summed E-state index contributed by atoms with van der Waals surface area (Å²) in [5.74, 6) is 1.32. The molecule has 2 heterocycles. The normalized spacial score (nSPS) is 33.0. The first-order valence-corrected chi connectivity index (χ1v) is 9.82. The average Bonchev–Trinajstić information content (AvgIpc) is 2.82. The van der Waals surface area contributed by atoms with E-state index in [1.165, 1.54) is 11.8 Å². The van der Waals surface area contributed by atoms with Crippen LogP contribution in [0.15, 0.2) is 24.3 Å². The Kier molecular flexibility index (Phi) is 3.98. The molecule has 1 aliphatic carbocycles. The van der Waals surface area contributed by atoms with E-state index in [1.807, 2.05) is 18.2 Å². The van der Waals surface area contributed by atoms with Gasteiger partial charge in [0, 0.05) is 32.2 Å². The highest BCUT2D eigenvalue weighted by Crippen LogP contribution is 2.58. The highest BCUT2D eigenvalue weighted by Gasteiger charge is 2.53. The first-order chi connectivity index (χ1) is 11.9. The number of aliphatic hydroxyl groups is 1. The van der Waals surface area contributed by atoms with Gasteiger partial charge in [0.25, 0.3) is 0 Å². The summed E-state index contributed by atoms with van der Waals surface area (Å²) in [5, 5.41) is 10.0. The molecule has 2 N–H and O–H groups in total. The fourth-order valence-corrected chi connectivity index (χ4v) is 5.17. The molecule has 136 valence electrons. The number of aliphatic hydroxyl groups excluding tert-OH is 1. The number of hydrogen-bond donors (Lipinski definition) is 2. The Bertz CT molecular complexity index is 781. The molecule has 25 heavy (non-hydrogen) atoms. The van der Waals surface area contributed by atoms with Crippen molar-refractivity contribution in [1.82, 2.24) is 4.67 Å². The zero-order valence-corrected chi connectivity index (χ0v) is 15.1. The van der Waals surface area contributed by atoms with Gasteiger partial charge in [-0.3, -0.25) is 0 Å². The van der Waals surface area contributed by atoms with Gasteiger partial charge in [-0.25, -0.2) is 9.24 Å². The van der Waals surface area contributed by atoms with Gasteiger partial charge in [0.2, 0.25) is 0 Å². The van der Waals surface area contributed by atoms with Crippen LogP contribution in [0.3, 0.4) is 0 Å². The largest absolute Gasteiger partial charge is 0.493 e. The van der Waals surface area contributed by atoms with E-state index in [9.17, 15) is 14.6 Å². The summed E-state index contributed by atoms with van der Waals surface area (Å²) in [5.41, 5.74) is 1.49. The smallest absolute Gasteiger partial charge is 0.405 e. The topological polar surface area (TPSA) is 88.5 Å². The third-order valence-corrected chi connectivity index (χ3v) is 7.06. The minimum absolute atomic E-state index is 0.224. The number of methoxy groups -OCH3 is 1. The van der Waals surface area contributed by atoms with Gasteiger partial charge in [0.1, 0.15) is 6.10 Å². The predicted molar refractivity (Wildman–Crippen MR) is 90.7 cm³/mol. The van der Waals surface area contributed by atoms with E-state index in [0.717, 1.165) is 11.1 Å². The Morgan fingerprint density at radius 2 is 2.20 bits per heavy atom. The highest BCUT2D eigenvalue weighted by molar-refractivity contribution is 7.50. The molecule has 4 unspecified atom stereocenters. The van der Waals surface area contributed by atoms with Crippen LogP contribution in [-0.2, 0) is 21.0 Å². The number of nitrogens with zero attached hydrogens (tertiary/aromatic N) is 1. The molecule has 2 aliphatic heterocycles. The van der Waals surface area contributed by atoms with Crippen LogP contribution in [0.25, 0.3) is 0 Å². The Hall–Kier alpha value is -1.37. The lowest BCUT2D eigenvalue weighted by atomic mass is 9.69. The van der Waals surface area contributed by atoms with E-state index < -0.39 is 19.3 Å². The molecule has 8 heteroatoms. The zero-order valence-electron chi connectivity index (χ0n) is 14.2. The molecule has 7 nitrogen and oxygen atoms in total. The van der Waals surface area contributed by atoms with Crippen molar-refractivity contribution in [2.24, 2.45) is 0 Å². The van der Waals surface area contributed by atoms with Crippen LogP contribution in [0, 0.1) is 0 Å². The summed E-state index contributed by atoms with van der Waals surface area (Å²) in [4.78, 5) is 10.2. The van der Waals surface area contributed by atoms with E-state index in [0.29, 0.717) is 37.4 Å². The van der Waals surface area contributed by atoms with Gasteiger partial charge in [-0.15, -0.1) is 0 Å². The van der Waals surface area contributed by atoms with Crippen molar-refractivity contribution in [3.05, 3.63) is 35.4 Å². The van der Waals surface area contributed by atoms with Crippen LogP contribution >= 0.6 is 7.75 Å². The maximum Gasteiger partial charge on any atom is 0.405 e. The van der Waals surface area contributed by atoms with Crippen molar-refractivity contribution in [3.63, 3.8) is 0 Å². The summed E-state index contributed by atoms with van der Waals surface area (Å²) < 4.78 is 30.4. The zero-order chi connectivity index (χ0) is 17.8. The second-order valence-electron chi connectivity index (χ2n) is 6.75. The van der Waals surface area contributed by atoms with Crippen LogP contribution in [0.2, 0.25) is 0 Å². The van der Waals surface area contributed by atoms with Gasteiger partial charge in [-0.1, -0.05) is 18.2 Å². The molecule has 0 amide bonds. The quantitative estimate of drug-likeness (QED) is 0.624. The Morgan fingerprint density at radius 3 is 2.92 bits per heavy atom. The molecular weight excluding hydrogens is 345 g/mol. The summed E-state index contributed by atoms with van der Waals surface area (Å²) in [7, 11) is -1.00. The molecule has 0 radical (unpaired) electrons. The number of ether oxygens (including phenoxy) is 2. The minimum atomic E-state index is -3.84. The highest BCUT2D eigenvalue weighted by atomic mass is 31.2. The molecule has 1 aromatic rings. The molecule has 0 saturated heterocycles. The Labute approximate surface area is 146 Å². The maximum atomic E-state index is 12.4. The SMILES string of the molecule is COc1ccc2c3c1OC1CC(O)C=CC31CCN(P(=O)(O)OC)C2. The monoisotopic (exact) mass is 367 g/mol. The van der Waals surface area contributed by atoms with Gasteiger partial charge in [-0.05, 0) is 18.1 Å². The molecule has 1 aromatic carbocycles. The summed E-state index contributed by atoms with van der Waals surface area (Å²) in [6, 6.07) is 3.73. The fraction of sp³-hybridized carbons (Fsp3) is 0.529. The third-order valence-electron chi connectivity index (χ3n) is 5.53. The molecule has 3 aliphatic rings. The molecule has 0 saturated carbocycles. The van der Waals surface area contributed by atoms with Crippen LogP contribution in [0.5, 0.6) is 11.5 Å². The van der Waals surface area contributed by atoms with Crippen LogP contribution in [0.4, 0.5) is 0 Å². The summed E-state index contributed by atoms with van der Waals surface area (Å²) >= 11 is 0. The van der Waals surface area contributed by atoms with Crippen molar-refractivity contribution in [2.45, 2.75) is 37.0 Å². The third kappa shape index (κ3) is 2.46. The van der Waals surface area contributed by atoms with Crippen molar-refractivity contribution in [2.75, 3.05) is 20.8 Å². The molecule has 4 rings (SSSR count). The van der Waals surface area contributed by atoms with Crippen LogP contribution < -0.4 is 9.47 Å². The lowest BCUT2D eigenvalue weighted by Crippen LogP contribution is -2.42. The molecule has 0 aromatic heterocycles. The van der Waals surface area contributed by atoms with Gasteiger partial charge < -0.3 is 24.0 Å². The Morgan fingerprint density at radius 1 is 1.40 bits per heavy atom. The van der Waals surface area contributed by atoms with Crippen LogP contribution in [-0.4, -0.2) is 47.6 Å². The van der Waals surface area contributed by atoms with E-state index >= 15 is 0 Å². The van der Waals surface area contributed by atoms with Crippen molar-refractivity contribution < 1.29 is 28.6 Å². The Balaban J connectivity index is 1.88. The minimum Gasteiger partial charge on any atom is -0.493 e. The lowest BCUT2D eigenvalue weighted by molar-refractivity contribution is 0.0825. The van der Waals surface area contributed by atoms with Gasteiger partial charge in [-0.2, -0.15) is 0 Å². The maximum absolute atomic E-state index is 12.4. The van der Waals surface area contributed by atoms with E-state index in [2.05, 4.69) is 0 Å². The molecule has 4 atom stereocenters. The van der Waals surface area contributed by atoms with E-state index in [1.54, 1.807) is 13.2 Å². The number of rotatable bonds is 3. The fourth-order valence-electron chi connectivity index (χ4n) is 4.25. The first kappa shape index (κ1) is 17.1. The van der Waals surface area contributed by atoms with Gasteiger partial charge in [0.15, 0.2) is 11.5 Å². The molecule has 0 bridgehead atoms. The molecular formula is C17H22NO6P. The lowest BCUT2D eigenvalue weighted by Gasteiger charge is -2.36. The van der Waals surface area contributed by atoms with Crippen molar-refractivity contribution in [3.8, 4) is 11.5 Å².